The molecule has 3 rings (SSSR count). The van der Waals surface area contributed by atoms with Gasteiger partial charge in [0.15, 0.2) is 0 Å². The number of pyridine rings is 1. The van der Waals surface area contributed by atoms with Crippen molar-refractivity contribution in [3.05, 3.63) is 47.8 Å². The highest BCUT2D eigenvalue weighted by molar-refractivity contribution is 5.94. The zero-order chi connectivity index (χ0) is 16.4. The number of aromatic nitrogens is 3. The molecule has 2 aromatic rings. The van der Waals surface area contributed by atoms with E-state index in [1.807, 2.05) is 11.1 Å². The Labute approximate surface area is 136 Å². The summed E-state index contributed by atoms with van der Waals surface area (Å²) in [7, 11) is 2.12. The second kappa shape index (κ2) is 6.50. The van der Waals surface area contributed by atoms with Crippen molar-refractivity contribution in [2.45, 2.75) is 39.5 Å². The van der Waals surface area contributed by atoms with Crippen LogP contribution in [0.4, 0.5) is 0 Å². The molecule has 0 fully saturated rings. The SMILES string of the molecule is CC(C)N(C)Cc1cnc2n1CCN(C(=O)c1ccncc1)C2. The Morgan fingerprint density at radius 3 is 2.74 bits per heavy atom. The van der Waals surface area contributed by atoms with Crippen LogP contribution in [0.3, 0.4) is 0 Å². The number of carbonyl (C=O) groups is 1. The van der Waals surface area contributed by atoms with Crippen molar-refractivity contribution < 1.29 is 4.79 Å². The molecule has 0 bridgehead atoms. The zero-order valence-corrected chi connectivity index (χ0v) is 13.9. The van der Waals surface area contributed by atoms with Crippen molar-refractivity contribution in [3.63, 3.8) is 0 Å². The van der Waals surface area contributed by atoms with Gasteiger partial charge in [0.1, 0.15) is 5.82 Å². The van der Waals surface area contributed by atoms with Gasteiger partial charge in [-0.2, -0.15) is 0 Å². The summed E-state index contributed by atoms with van der Waals surface area (Å²) in [4.78, 5) is 25.2. The van der Waals surface area contributed by atoms with Crippen LogP contribution in [0.5, 0.6) is 0 Å². The van der Waals surface area contributed by atoms with Gasteiger partial charge in [0.25, 0.3) is 5.91 Å². The molecule has 0 spiro atoms. The van der Waals surface area contributed by atoms with E-state index < -0.39 is 0 Å². The number of hydrogen-bond acceptors (Lipinski definition) is 4. The van der Waals surface area contributed by atoms with Crippen LogP contribution in [0.2, 0.25) is 0 Å². The lowest BCUT2D eigenvalue weighted by molar-refractivity contribution is 0.0705. The van der Waals surface area contributed by atoms with Gasteiger partial charge in [0, 0.05) is 49.8 Å². The second-order valence-corrected chi connectivity index (χ2v) is 6.29. The van der Waals surface area contributed by atoms with Crippen LogP contribution >= 0.6 is 0 Å². The van der Waals surface area contributed by atoms with Gasteiger partial charge in [-0.1, -0.05) is 0 Å². The van der Waals surface area contributed by atoms with E-state index in [4.69, 9.17) is 0 Å². The van der Waals surface area contributed by atoms with E-state index in [2.05, 4.69) is 40.3 Å². The average Bonchev–Trinajstić information content (AvgIpc) is 2.97. The molecule has 122 valence electrons. The Balaban J connectivity index is 1.73. The minimum Gasteiger partial charge on any atom is -0.329 e. The van der Waals surface area contributed by atoms with Crippen molar-refractivity contribution in [2.75, 3.05) is 13.6 Å². The van der Waals surface area contributed by atoms with Crippen LogP contribution in [0, 0.1) is 0 Å². The molecule has 0 aliphatic carbocycles. The molecule has 3 heterocycles. The van der Waals surface area contributed by atoms with Gasteiger partial charge >= 0.3 is 0 Å². The van der Waals surface area contributed by atoms with E-state index in [0.717, 1.165) is 18.9 Å². The molecule has 23 heavy (non-hydrogen) atoms. The first-order valence-electron chi connectivity index (χ1n) is 7.99. The average molecular weight is 313 g/mol. The summed E-state index contributed by atoms with van der Waals surface area (Å²) < 4.78 is 2.25. The lowest BCUT2D eigenvalue weighted by Gasteiger charge is -2.29. The monoisotopic (exact) mass is 313 g/mol. The molecule has 0 saturated carbocycles. The number of nitrogens with zero attached hydrogens (tertiary/aromatic N) is 5. The van der Waals surface area contributed by atoms with Gasteiger partial charge in [-0.05, 0) is 33.0 Å². The fraction of sp³-hybridized carbons (Fsp3) is 0.471. The maximum absolute atomic E-state index is 12.5. The maximum Gasteiger partial charge on any atom is 0.254 e. The van der Waals surface area contributed by atoms with Crippen LogP contribution in [0.15, 0.2) is 30.7 Å². The largest absolute Gasteiger partial charge is 0.329 e. The highest BCUT2D eigenvalue weighted by Gasteiger charge is 2.24. The normalized spacial score (nSPS) is 14.4. The van der Waals surface area contributed by atoms with Crippen molar-refractivity contribution in [1.29, 1.82) is 0 Å². The summed E-state index contributed by atoms with van der Waals surface area (Å²) in [5.41, 5.74) is 1.90. The molecule has 2 aromatic heterocycles. The van der Waals surface area contributed by atoms with E-state index >= 15 is 0 Å². The molecule has 1 amide bonds. The van der Waals surface area contributed by atoms with Gasteiger partial charge in [0.2, 0.25) is 0 Å². The zero-order valence-electron chi connectivity index (χ0n) is 13.9. The van der Waals surface area contributed by atoms with E-state index in [-0.39, 0.29) is 5.91 Å². The van der Waals surface area contributed by atoms with Crippen molar-refractivity contribution in [2.24, 2.45) is 0 Å². The molecule has 0 radical (unpaired) electrons. The predicted molar refractivity (Wildman–Crippen MR) is 87.8 cm³/mol. The molecule has 0 saturated heterocycles. The third kappa shape index (κ3) is 3.27. The number of amides is 1. The fourth-order valence-corrected chi connectivity index (χ4v) is 2.74. The van der Waals surface area contributed by atoms with E-state index in [1.54, 1.807) is 24.5 Å². The van der Waals surface area contributed by atoms with Crippen LogP contribution in [0.25, 0.3) is 0 Å². The van der Waals surface area contributed by atoms with Gasteiger partial charge in [-0.15, -0.1) is 0 Å². The van der Waals surface area contributed by atoms with Crippen molar-refractivity contribution in [1.82, 2.24) is 24.3 Å². The number of rotatable bonds is 4. The molecule has 1 aliphatic heterocycles. The second-order valence-electron chi connectivity index (χ2n) is 6.29. The van der Waals surface area contributed by atoms with Gasteiger partial charge < -0.3 is 9.47 Å². The highest BCUT2D eigenvalue weighted by Crippen LogP contribution is 2.18. The third-order valence-corrected chi connectivity index (χ3v) is 4.45. The quantitative estimate of drug-likeness (QED) is 0.863. The molecule has 6 heteroatoms. The van der Waals surface area contributed by atoms with Crippen molar-refractivity contribution >= 4 is 5.91 Å². The first-order chi connectivity index (χ1) is 11.1. The lowest BCUT2D eigenvalue weighted by Crippen LogP contribution is -2.39. The van der Waals surface area contributed by atoms with E-state index in [9.17, 15) is 4.79 Å². The molecule has 1 aliphatic rings. The van der Waals surface area contributed by atoms with Crippen molar-refractivity contribution in [3.8, 4) is 0 Å². The summed E-state index contributed by atoms with van der Waals surface area (Å²) in [6.07, 6.45) is 5.24. The molecule has 0 N–H and O–H groups in total. The topological polar surface area (TPSA) is 54.3 Å². The standard InChI is InChI=1S/C17H23N5O/c1-13(2)20(3)11-15-10-19-16-12-21(8-9-22(15)16)17(23)14-4-6-18-7-5-14/h4-7,10,13H,8-9,11-12H2,1-3H3. The van der Waals surface area contributed by atoms with Crippen LogP contribution in [-0.4, -0.2) is 49.9 Å². The number of hydrogen-bond donors (Lipinski definition) is 0. The summed E-state index contributed by atoms with van der Waals surface area (Å²) in [5.74, 6) is 1.01. The van der Waals surface area contributed by atoms with Crippen LogP contribution in [0.1, 0.15) is 35.7 Å². The first-order valence-corrected chi connectivity index (χ1v) is 7.99. The first kappa shape index (κ1) is 15.7. The summed E-state index contributed by atoms with van der Waals surface area (Å²) >= 11 is 0. The Hall–Kier alpha value is -2.21. The third-order valence-electron chi connectivity index (χ3n) is 4.45. The summed E-state index contributed by atoms with van der Waals surface area (Å²) in [5, 5.41) is 0. The number of imidazole rings is 1. The van der Waals surface area contributed by atoms with Gasteiger partial charge in [-0.3, -0.25) is 14.7 Å². The molecule has 0 unspecified atom stereocenters. The predicted octanol–water partition coefficient (Wildman–Crippen LogP) is 1.77. The van der Waals surface area contributed by atoms with Crippen LogP contribution in [-0.2, 0) is 19.6 Å². The molecular weight excluding hydrogens is 290 g/mol. The number of fused-ring (bicyclic) bond motifs is 1. The van der Waals surface area contributed by atoms with Crippen LogP contribution < -0.4 is 0 Å². The molecule has 6 nitrogen and oxygen atoms in total. The van der Waals surface area contributed by atoms with E-state index in [1.165, 1.54) is 5.69 Å². The Kier molecular flexibility index (Phi) is 4.43. The minimum atomic E-state index is 0.0440. The highest BCUT2D eigenvalue weighted by atomic mass is 16.2. The molecule has 0 aromatic carbocycles. The smallest absolute Gasteiger partial charge is 0.254 e. The fourth-order valence-electron chi connectivity index (χ4n) is 2.74. The lowest BCUT2D eigenvalue weighted by atomic mass is 10.2. The minimum absolute atomic E-state index is 0.0440. The van der Waals surface area contributed by atoms with Gasteiger partial charge in [0.05, 0.1) is 12.2 Å². The summed E-state index contributed by atoms with van der Waals surface area (Å²) in [6.45, 7) is 7.32. The molecule has 0 atom stereocenters. The van der Waals surface area contributed by atoms with E-state index in [0.29, 0.717) is 24.7 Å². The maximum atomic E-state index is 12.5. The van der Waals surface area contributed by atoms with Gasteiger partial charge in [-0.25, -0.2) is 4.98 Å². The Morgan fingerprint density at radius 2 is 2.04 bits per heavy atom. The summed E-state index contributed by atoms with van der Waals surface area (Å²) in [6, 6.07) is 4.01. The Bertz CT molecular complexity index is 680. The number of carbonyl (C=O) groups excluding carboxylic acids is 1. The Morgan fingerprint density at radius 1 is 1.30 bits per heavy atom. The molecular formula is C17H23N5O.